The minimum Gasteiger partial charge on any atom is -0.396 e. The third-order valence-electron chi connectivity index (χ3n) is 4.76. The standard InChI is InChI=1S/C16H22BrNO/c17-14-3-1-13-10-15(4-2-12(13)9-14)18-11-16(5-6-16)7-8-19/h1,3,9,15,18-19H,2,4-8,10-11H2. The van der Waals surface area contributed by atoms with E-state index in [1.165, 1.54) is 41.3 Å². The lowest BCUT2D eigenvalue weighted by molar-refractivity contribution is 0.240. The quantitative estimate of drug-likeness (QED) is 0.872. The first-order chi connectivity index (χ1) is 9.21. The van der Waals surface area contributed by atoms with E-state index in [4.69, 9.17) is 5.11 Å². The van der Waals surface area contributed by atoms with E-state index >= 15 is 0 Å². The van der Waals surface area contributed by atoms with Crippen molar-refractivity contribution in [2.24, 2.45) is 5.41 Å². The lowest BCUT2D eigenvalue weighted by atomic mass is 9.88. The number of fused-ring (bicyclic) bond motifs is 1. The summed E-state index contributed by atoms with van der Waals surface area (Å²) in [4.78, 5) is 0. The van der Waals surface area contributed by atoms with Crippen molar-refractivity contribution in [1.29, 1.82) is 0 Å². The highest BCUT2D eigenvalue weighted by atomic mass is 79.9. The van der Waals surface area contributed by atoms with Crippen LogP contribution in [-0.4, -0.2) is 24.3 Å². The van der Waals surface area contributed by atoms with Gasteiger partial charge in [0.2, 0.25) is 0 Å². The molecule has 19 heavy (non-hydrogen) atoms. The number of hydrogen-bond acceptors (Lipinski definition) is 2. The summed E-state index contributed by atoms with van der Waals surface area (Å²) in [6.45, 7) is 1.42. The molecular formula is C16H22BrNO. The third-order valence-corrected chi connectivity index (χ3v) is 5.25. The number of aryl methyl sites for hydroxylation is 1. The minimum absolute atomic E-state index is 0.337. The zero-order valence-electron chi connectivity index (χ0n) is 11.3. The topological polar surface area (TPSA) is 32.3 Å². The van der Waals surface area contributed by atoms with Crippen LogP contribution in [0.15, 0.2) is 22.7 Å². The number of halogens is 1. The molecule has 1 aromatic rings. The van der Waals surface area contributed by atoms with Gasteiger partial charge in [-0.15, -0.1) is 0 Å². The van der Waals surface area contributed by atoms with E-state index in [-0.39, 0.29) is 0 Å². The molecule has 2 nitrogen and oxygen atoms in total. The summed E-state index contributed by atoms with van der Waals surface area (Å²) in [5, 5.41) is 12.8. The summed E-state index contributed by atoms with van der Waals surface area (Å²) < 4.78 is 1.19. The second kappa shape index (κ2) is 5.55. The Morgan fingerprint density at radius 2 is 2.16 bits per heavy atom. The van der Waals surface area contributed by atoms with E-state index in [1.807, 2.05) is 0 Å². The second-order valence-corrected chi connectivity index (χ2v) is 7.12. The molecule has 1 aromatic carbocycles. The molecule has 0 spiro atoms. The van der Waals surface area contributed by atoms with Crippen LogP contribution in [-0.2, 0) is 12.8 Å². The van der Waals surface area contributed by atoms with Crippen LogP contribution in [0.3, 0.4) is 0 Å². The number of aliphatic hydroxyl groups excluding tert-OH is 1. The Kier molecular flexibility index (Phi) is 3.97. The molecule has 3 rings (SSSR count). The van der Waals surface area contributed by atoms with Crippen molar-refractivity contribution in [3.8, 4) is 0 Å². The van der Waals surface area contributed by atoms with Crippen LogP contribution in [0.25, 0.3) is 0 Å². The van der Waals surface area contributed by atoms with Gasteiger partial charge >= 0.3 is 0 Å². The summed E-state index contributed by atoms with van der Waals surface area (Å²) in [5.74, 6) is 0. The molecule has 2 aliphatic carbocycles. The maximum absolute atomic E-state index is 9.10. The molecule has 1 unspecified atom stereocenters. The molecule has 0 bridgehead atoms. The maximum Gasteiger partial charge on any atom is 0.0436 e. The van der Waals surface area contributed by atoms with Crippen molar-refractivity contribution in [2.75, 3.05) is 13.2 Å². The SMILES string of the molecule is OCCC1(CNC2CCc3cc(Br)ccc3C2)CC1. The largest absolute Gasteiger partial charge is 0.396 e. The fraction of sp³-hybridized carbons (Fsp3) is 0.625. The number of benzene rings is 1. The van der Waals surface area contributed by atoms with Gasteiger partial charge in [0, 0.05) is 23.7 Å². The smallest absolute Gasteiger partial charge is 0.0436 e. The van der Waals surface area contributed by atoms with Crippen molar-refractivity contribution < 1.29 is 5.11 Å². The van der Waals surface area contributed by atoms with E-state index in [0.29, 0.717) is 18.1 Å². The molecule has 0 aliphatic heterocycles. The van der Waals surface area contributed by atoms with Crippen molar-refractivity contribution in [2.45, 2.75) is 44.6 Å². The predicted octanol–water partition coefficient (Wildman–Crippen LogP) is 3.06. The molecule has 2 aliphatic rings. The van der Waals surface area contributed by atoms with Crippen molar-refractivity contribution in [3.05, 3.63) is 33.8 Å². The van der Waals surface area contributed by atoms with Crippen LogP contribution in [0.4, 0.5) is 0 Å². The van der Waals surface area contributed by atoms with Gasteiger partial charge in [-0.05, 0) is 67.2 Å². The second-order valence-electron chi connectivity index (χ2n) is 6.21. The number of nitrogens with one attached hydrogen (secondary N) is 1. The molecule has 3 heteroatoms. The Bertz CT molecular complexity index is 456. The number of hydrogen-bond donors (Lipinski definition) is 2. The van der Waals surface area contributed by atoms with Gasteiger partial charge in [0.1, 0.15) is 0 Å². The van der Waals surface area contributed by atoms with Crippen LogP contribution in [0.5, 0.6) is 0 Å². The Labute approximate surface area is 123 Å². The highest BCUT2D eigenvalue weighted by Crippen LogP contribution is 2.48. The van der Waals surface area contributed by atoms with E-state index in [9.17, 15) is 0 Å². The van der Waals surface area contributed by atoms with Gasteiger partial charge in [0.25, 0.3) is 0 Å². The van der Waals surface area contributed by atoms with Crippen molar-refractivity contribution in [3.63, 3.8) is 0 Å². The predicted molar refractivity (Wildman–Crippen MR) is 81.3 cm³/mol. The normalized spacial score (nSPS) is 24.0. The van der Waals surface area contributed by atoms with E-state index < -0.39 is 0 Å². The molecule has 0 amide bonds. The number of rotatable bonds is 5. The summed E-state index contributed by atoms with van der Waals surface area (Å²) in [5.41, 5.74) is 3.43. The van der Waals surface area contributed by atoms with Gasteiger partial charge in [0.05, 0.1) is 0 Å². The average molecular weight is 324 g/mol. The Morgan fingerprint density at radius 3 is 2.89 bits per heavy atom. The number of aliphatic hydroxyl groups is 1. The minimum atomic E-state index is 0.337. The van der Waals surface area contributed by atoms with Crippen LogP contribution < -0.4 is 5.32 Å². The lowest BCUT2D eigenvalue weighted by Gasteiger charge is -2.27. The highest BCUT2D eigenvalue weighted by Gasteiger charge is 2.41. The third kappa shape index (κ3) is 3.21. The van der Waals surface area contributed by atoms with E-state index in [2.05, 4.69) is 39.4 Å². The fourth-order valence-corrected chi connectivity index (χ4v) is 3.60. The zero-order chi connectivity index (χ0) is 13.3. The van der Waals surface area contributed by atoms with Gasteiger partial charge < -0.3 is 10.4 Å². The first kappa shape index (κ1) is 13.6. The lowest BCUT2D eigenvalue weighted by Crippen LogP contribution is -2.38. The molecule has 2 N–H and O–H groups in total. The Morgan fingerprint density at radius 1 is 1.32 bits per heavy atom. The van der Waals surface area contributed by atoms with Gasteiger partial charge in [-0.25, -0.2) is 0 Å². The van der Waals surface area contributed by atoms with Crippen LogP contribution >= 0.6 is 15.9 Å². The Balaban J connectivity index is 1.56. The van der Waals surface area contributed by atoms with Crippen LogP contribution in [0.2, 0.25) is 0 Å². The highest BCUT2D eigenvalue weighted by molar-refractivity contribution is 9.10. The summed E-state index contributed by atoms with van der Waals surface area (Å²) in [7, 11) is 0. The van der Waals surface area contributed by atoms with E-state index in [0.717, 1.165) is 19.4 Å². The average Bonchev–Trinajstić information content (AvgIpc) is 3.17. The van der Waals surface area contributed by atoms with Crippen LogP contribution in [0, 0.1) is 5.41 Å². The fourth-order valence-electron chi connectivity index (χ4n) is 3.19. The van der Waals surface area contributed by atoms with Gasteiger partial charge in [-0.3, -0.25) is 0 Å². The Hall–Kier alpha value is -0.380. The van der Waals surface area contributed by atoms with Gasteiger partial charge in [0.15, 0.2) is 0 Å². The molecule has 104 valence electrons. The van der Waals surface area contributed by atoms with Crippen molar-refractivity contribution in [1.82, 2.24) is 5.32 Å². The van der Waals surface area contributed by atoms with E-state index in [1.54, 1.807) is 0 Å². The first-order valence-corrected chi connectivity index (χ1v) is 8.12. The molecule has 0 aromatic heterocycles. The van der Waals surface area contributed by atoms with Gasteiger partial charge in [-0.1, -0.05) is 22.0 Å². The first-order valence-electron chi connectivity index (χ1n) is 7.32. The summed E-state index contributed by atoms with van der Waals surface area (Å²) in [6.07, 6.45) is 7.11. The summed E-state index contributed by atoms with van der Waals surface area (Å²) >= 11 is 3.55. The molecule has 0 radical (unpaired) electrons. The summed E-state index contributed by atoms with van der Waals surface area (Å²) in [6, 6.07) is 7.29. The molecule has 0 saturated heterocycles. The van der Waals surface area contributed by atoms with Gasteiger partial charge in [-0.2, -0.15) is 0 Å². The van der Waals surface area contributed by atoms with Crippen LogP contribution in [0.1, 0.15) is 36.8 Å². The molecule has 0 heterocycles. The maximum atomic E-state index is 9.10. The molecular weight excluding hydrogens is 302 g/mol. The van der Waals surface area contributed by atoms with Crippen molar-refractivity contribution >= 4 is 15.9 Å². The molecule has 1 fully saturated rings. The molecule has 1 atom stereocenters. The zero-order valence-corrected chi connectivity index (χ0v) is 12.9. The monoisotopic (exact) mass is 323 g/mol. The molecule has 1 saturated carbocycles.